The van der Waals surface area contributed by atoms with E-state index in [2.05, 4.69) is 0 Å². The fourth-order valence-electron chi connectivity index (χ4n) is 4.80. The van der Waals surface area contributed by atoms with Gasteiger partial charge in [0, 0.05) is 0 Å². The zero-order valence-corrected chi connectivity index (χ0v) is 14.3. The Kier molecular flexibility index (Phi) is 4.20. The van der Waals surface area contributed by atoms with E-state index in [4.69, 9.17) is 9.47 Å². The maximum Gasteiger partial charge on any atom is 0.344 e. The molecule has 0 aromatic rings. The van der Waals surface area contributed by atoms with Gasteiger partial charge in [0.1, 0.15) is 5.60 Å². The second-order valence-electron chi connectivity index (χ2n) is 8.40. The highest BCUT2D eigenvalue weighted by molar-refractivity contribution is 5.80. The minimum atomic E-state index is -0.738. The summed E-state index contributed by atoms with van der Waals surface area (Å²) in [4.78, 5) is 24.1. The van der Waals surface area contributed by atoms with E-state index in [0.29, 0.717) is 18.3 Å². The van der Waals surface area contributed by atoms with Gasteiger partial charge in [-0.15, -0.1) is 0 Å². The Bertz CT molecular complexity index is 484. The molecule has 0 spiro atoms. The molecule has 23 heavy (non-hydrogen) atoms. The van der Waals surface area contributed by atoms with Crippen molar-refractivity contribution in [1.82, 2.24) is 0 Å². The lowest BCUT2D eigenvalue weighted by molar-refractivity contribution is -0.230. The molecule has 4 rings (SSSR count). The molecule has 5 nitrogen and oxygen atoms in total. The molecule has 0 amide bonds. The van der Waals surface area contributed by atoms with E-state index in [1.54, 1.807) is 13.8 Å². The van der Waals surface area contributed by atoms with Gasteiger partial charge in [0.2, 0.25) is 0 Å². The lowest BCUT2D eigenvalue weighted by atomic mass is 9.53. The summed E-state index contributed by atoms with van der Waals surface area (Å²) < 4.78 is 10.8. The number of hydrogen-bond donors (Lipinski definition) is 1. The van der Waals surface area contributed by atoms with Crippen LogP contribution >= 0.6 is 0 Å². The van der Waals surface area contributed by atoms with Crippen molar-refractivity contribution in [3.63, 3.8) is 0 Å². The minimum Gasteiger partial charge on any atom is -0.454 e. The first-order valence-electron chi connectivity index (χ1n) is 8.83. The van der Waals surface area contributed by atoms with E-state index in [1.807, 2.05) is 6.92 Å². The topological polar surface area (TPSA) is 72.8 Å². The quantitative estimate of drug-likeness (QED) is 0.786. The zero-order valence-electron chi connectivity index (χ0n) is 14.3. The summed E-state index contributed by atoms with van der Waals surface area (Å²) in [6.45, 7) is 5.13. The van der Waals surface area contributed by atoms with Crippen LogP contribution in [0.2, 0.25) is 0 Å². The average Bonchev–Trinajstić information content (AvgIpc) is 2.49. The number of rotatable bonds is 5. The van der Waals surface area contributed by atoms with Crippen LogP contribution in [0.1, 0.15) is 59.3 Å². The Labute approximate surface area is 137 Å². The second kappa shape index (κ2) is 5.76. The number of carbonyl (C=O) groups is 2. The summed E-state index contributed by atoms with van der Waals surface area (Å²) in [7, 11) is 0. The molecular formula is C18H28O5. The molecule has 4 saturated carbocycles. The fraction of sp³-hybridized carbons (Fsp3) is 0.889. The summed E-state index contributed by atoms with van der Waals surface area (Å²) >= 11 is 0. The molecule has 4 fully saturated rings. The molecule has 3 unspecified atom stereocenters. The molecule has 0 aromatic carbocycles. The smallest absolute Gasteiger partial charge is 0.344 e. The van der Waals surface area contributed by atoms with E-state index >= 15 is 0 Å². The number of aliphatic hydroxyl groups excluding tert-OH is 1. The van der Waals surface area contributed by atoms with Crippen molar-refractivity contribution >= 4 is 11.9 Å². The van der Waals surface area contributed by atoms with Crippen LogP contribution in [0.3, 0.4) is 0 Å². The molecule has 0 heterocycles. The third-order valence-corrected chi connectivity index (χ3v) is 6.27. The first-order chi connectivity index (χ1) is 10.8. The van der Waals surface area contributed by atoms with Gasteiger partial charge in [0.05, 0.1) is 11.5 Å². The summed E-state index contributed by atoms with van der Waals surface area (Å²) in [5.41, 5.74) is -1.33. The molecule has 0 saturated heterocycles. The van der Waals surface area contributed by atoms with Gasteiger partial charge >= 0.3 is 11.9 Å². The largest absolute Gasteiger partial charge is 0.454 e. The van der Waals surface area contributed by atoms with Crippen LogP contribution in [0, 0.1) is 23.2 Å². The molecule has 0 aliphatic heterocycles. The van der Waals surface area contributed by atoms with Crippen LogP contribution in [-0.2, 0) is 19.1 Å². The molecule has 0 aromatic heterocycles. The van der Waals surface area contributed by atoms with Crippen LogP contribution in [0.15, 0.2) is 0 Å². The molecule has 4 aliphatic rings. The van der Waals surface area contributed by atoms with Crippen molar-refractivity contribution in [3.05, 3.63) is 0 Å². The first kappa shape index (κ1) is 16.7. The van der Waals surface area contributed by atoms with E-state index in [-0.39, 0.29) is 18.5 Å². The number of hydrogen-bond acceptors (Lipinski definition) is 5. The highest BCUT2D eigenvalue weighted by Gasteiger charge is 2.59. The highest BCUT2D eigenvalue weighted by Crippen LogP contribution is 2.57. The van der Waals surface area contributed by atoms with Crippen molar-refractivity contribution < 1.29 is 24.2 Å². The Morgan fingerprint density at radius 2 is 1.78 bits per heavy atom. The Morgan fingerprint density at radius 3 is 2.35 bits per heavy atom. The molecule has 130 valence electrons. The predicted octanol–water partition coefficient (Wildman–Crippen LogP) is 2.45. The van der Waals surface area contributed by atoms with Crippen molar-refractivity contribution in [2.45, 2.75) is 71.0 Å². The lowest BCUT2D eigenvalue weighted by Crippen LogP contribution is -2.62. The van der Waals surface area contributed by atoms with Crippen molar-refractivity contribution in [2.24, 2.45) is 23.2 Å². The molecular weight excluding hydrogens is 296 g/mol. The standard InChI is InChI=1S/C18H28O5/c1-4-17(2,3)16(21)22-10-14(19)23-18-8-11-5-12(9-18)7-13(6-11)15(18)20/h11-13,15,20H,4-10H2,1-3H3. The number of aliphatic hydroxyl groups is 1. The van der Waals surface area contributed by atoms with Gasteiger partial charge in [0.15, 0.2) is 6.61 Å². The number of ether oxygens (including phenoxy) is 2. The maximum atomic E-state index is 12.2. The van der Waals surface area contributed by atoms with Gasteiger partial charge in [-0.2, -0.15) is 0 Å². The molecule has 4 aliphatic carbocycles. The molecule has 4 bridgehead atoms. The summed E-state index contributed by atoms with van der Waals surface area (Å²) in [5.74, 6) is 0.459. The monoisotopic (exact) mass is 324 g/mol. The van der Waals surface area contributed by atoms with Crippen molar-refractivity contribution in [3.8, 4) is 0 Å². The van der Waals surface area contributed by atoms with Gasteiger partial charge in [-0.25, -0.2) is 4.79 Å². The first-order valence-corrected chi connectivity index (χ1v) is 8.83. The lowest BCUT2D eigenvalue weighted by Gasteiger charge is -2.58. The van der Waals surface area contributed by atoms with Gasteiger partial charge < -0.3 is 14.6 Å². The van der Waals surface area contributed by atoms with Gasteiger partial charge in [0.25, 0.3) is 0 Å². The van der Waals surface area contributed by atoms with E-state index in [0.717, 1.165) is 25.7 Å². The number of esters is 2. The Hall–Kier alpha value is -1.10. The third-order valence-electron chi connectivity index (χ3n) is 6.27. The SMILES string of the molecule is CCC(C)(C)C(=O)OCC(=O)OC12CC3CC(CC(C3)C1O)C2. The van der Waals surface area contributed by atoms with Crippen molar-refractivity contribution in [2.75, 3.05) is 6.61 Å². The average molecular weight is 324 g/mol. The Morgan fingerprint density at radius 1 is 1.17 bits per heavy atom. The second-order valence-corrected chi connectivity index (χ2v) is 8.40. The zero-order chi connectivity index (χ0) is 16.8. The van der Waals surface area contributed by atoms with Gasteiger partial charge in [-0.1, -0.05) is 6.92 Å². The van der Waals surface area contributed by atoms with Crippen LogP contribution in [0.5, 0.6) is 0 Å². The van der Waals surface area contributed by atoms with E-state index in [1.165, 1.54) is 6.42 Å². The van der Waals surface area contributed by atoms with Crippen LogP contribution in [0.25, 0.3) is 0 Å². The molecule has 1 N–H and O–H groups in total. The van der Waals surface area contributed by atoms with E-state index < -0.39 is 23.1 Å². The third kappa shape index (κ3) is 3.00. The predicted molar refractivity (Wildman–Crippen MR) is 83.4 cm³/mol. The van der Waals surface area contributed by atoms with Gasteiger partial charge in [-0.3, -0.25) is 4.79 Å². The normalized spacial score (nSPS) is 38.4. The fourth-order valence-corrected chi connectivity index (χ4v) is 4.80. The van der Waals surface area contributed by atoms with Crippen LogP contribution in [0.4, 0.5) is 0 Å². The summed E-state index contributed by atoms with van der Waals surface area (Å²) in [6.07, 6.45) is 4.88. The summed E-state index contributed by atoms with van der Waals surface area (Å²) in [5, 5.41) is 10.6. The molecule has 5 heteroatoms. The highest BCUT2D eigenvalue weighted by atomic mass is 16.6. The van der Waals surface area contributed by atoms with Crippen LogP contribution in [-0.4, -0.2) is 35.4 Å². The van der Waals surface area contributed by atoms with Gasteiger partial charge in [-0.05, 0) is 70.1 Å². The molecule has 0 radical (unpaired) electrons. The minimum absolute atomic E-state index is 0.260. The Balaban J connectivity index is 1.59. The van der Waals surface area contributed by atoms with E-state index in [9.17, 15) is 14.7 Å². The molecule has 3 atom stereocenters. The summed E-state index contributed by atoms with van der Waals surface area (Å²) in [6, 6.07) is 0. The van der Waals surface area contributed by atoms with Crippen molar-refractivity contribution in [1.29, 1.82) is 0 Å². The number of carbonyl (C=O) groups excluding carboxylic acids is 2. The van der Waals surface area contributed by atoms with Crippen LogP contribution < -0.4 is 0 Å². The maximum absolute atomic E-state index is 12.2.